The predicted octanol–water partition coefficient (Wildman–Crippen LogP) is 3.09. The van der Waals surface area contributed by atoms with Gasteiger partial charge in [0, 0.05) is 30.8 Å². The largest absolute Gasteiger partial charge is 0.349 e. The van der Waals surface area contributed by atoms with E-state index >= 15 is 0 Å². The number of likely N-dealkylation sites (tertiary alicyclic amines) is 2. The molecule has 2 saturated heterocycles. The van der Waals surface area contributed by atoms with Crippen molar-refractivity contribution >= 4 is 11.8 Å². The molecule has 0 radical (unpaired) electrons. The molecule has 2 aromatic rings. The molecule has 7 nitrogen and oxygen atoms in total. The lowest BCUT2D eigenvalue weighted by Crippen LogP contribution is -2.45. The molecule has 7 heteroatoms. The Kier molecular flexibility index (Phi) is 7.51. The number of benzene rings is 1. The van der Waals surface area contributed by atoms with E-state index in [1.807, 2.05) is 36.9 Å². The van der Waals surface area contributed by atoms with Crippen molar-refractivity contribution in [3.8, 4) is 0 Å². The summed E-state index contributed by atoms with van der Waals surface area (Å²) in [4.78, 5) is 44.7. The maximum Gasteiger partial charge on any atom is 0.252 e. The highest BCUT2D eigenvalue weighted by Crippen LogP contribution is 2.42. The number of aromatic nitrogens is 1. The van der Waals surface area contributed by atoms with Crippen molar-refractivity contribution < 1.29 is 9.59 Å². The van der Waals surface area contributed by atoms with E-state index in [2.05, 4.69) is 27.3 Å². The van der Waals surface area contributed by atoms with Crippen LogP contribution in [0, 0.1) is 11.3 Å². The SMILES string of the molecule is CC(C)C(=O)N[C@@H](CCN1CCC2(CC1)CCN(Cc1ccc[nH]c1=O)C2=O)c1ccccc1. The van der Waals surface area contributed by atoms with Crippen LogP contribution in [-0.4, -0.2) is 52.8 Å². The number of nitrogens with one attached hydrogen (secondary N) is 2. The summed E-state index contributed by atoms with van der Waals surface area (Å²) in [5, 5.41) is 3.21. The average molecular weight is 465 g/mol. The lowest BCUT2D eigenvalue weighted by molar-refractivity contribution is -0.139. The normalized spacial score (nSPS) is 19.0. The van der Waals surface area contributed by atoms with E-state index in [4.69, 9.17) is 0 Å². The number of pyridine rings is 1. The molecule has 3 heterocycles. The molecule has 1 aromatic heterocycles. The standard InChI is InChI=1S/C27H36N4O3/c1-20(2)24(32)29-23(21-7-4-3-5-8-21)10-15-30-16-11-27(12-17-30)13-18-31(26(27)34)19-22-9-6-14-28-25(22)33/h3-9,14,20,23H,10-13,15-19H2,1-2H3,(H,28,33)(H,29,32)/t23-/m0/s1. The first-order valence-corrected chi connectivity index (χ1v) is 12.4. The second kappa shape index (κ2) is 10.6. The van der Waals surface area contributed by atoms with Gasteiger partial charge in [0.1, 0.15) is 0 Å². The van der Waals surface area contributed by atoms with Crippen LogP contribution >= 0.6 is 0 Å². The Morgan fingerprint density at radius 1 is 1.03 bits per heavy atom. The van der Waals surface area contributed by atoms with Crippen molar-refractivity contribution in [2.75, 3.05) is 26.2 Å². The van der Waals surface area contributed by atoms with Gasteiger partial charge in [-0.05, 0) is 50.4 Å². The molecule has 4 rings (SSSR count). The van der Waals surface area contributed by atoms with Crippen molar-refractivity contribution in [2.24, 2.45) is 11.3 Å². The Balaban J connectivity index is 1.32. The van der Waals surface area contributed by atoms with Crippen molar-refractivity contribution in [3.05, 3.63) is 70.1 Å². The van der Waals surface area contributed by atoms with Gasteiger partial charge in [-0.3, -0.25) is 14.4 Å². The Labute approximate surface area is 201 Å². The third-order valence-corrected chi connectivity index (χ3v) is 7.45. The molecule has 0 aliphatic carbocycles. The number of H-pyrrole nitrogens is 1. The molecule has 182 valence electrons. The molecule has 0 unspecified atom stereocenters. The minimum Gasteiger partial charge on any atom is -0.349 e. The average Bonchev–Trinajstić information content (AvgIpc) is 3.14. The van der Waals surface area contributed by atoms with Crippen molar-refractivity contribution in [2.45, 2.75) is 52.1 Å². The summed E-state index contributed by atoms with van der Waals surface area (Å²) in [5.74, 6) is 0.214. The second-order valence-corrected chi connectivity index (χ2v) is 10.0. The monoisotopic (exact) mass is 464 g/mol. The fraction of sp³-hybridized carbons (Fsp3) is 0.519. The van der Waals surface area contributed by atoms with Gasteiger partial charge in [0.25, 0.3) is 5.56 Å². The topological polar surface area (TPSA) is 85.5 Å². The van der Waals surface area contributed by atoms with Crippen LogP contribution in [0.15, 0.2) is 53.5 Å². The number of hydrogen-bond donors (Lipinski definition) is 2. The molecule has 1 atom stereocenters. The Morgan fingerprint density at radius 2 is 1.74 bits per heavy atom. The van der Waals surface area contributed by atoms with E-state index in [1.54, 1.807) is 18.3 Å². The molecule has 1 spiro atoms. The highest BCUT2D eigenvalue weighted by atomic mass is 16.2. The van der Waals surface area contributed by atoms with E-state index in [9.17, 15) is 14.4 Å². The number of rotatable bonds is 8. The maximum absolute atomic E-state index is 13.3. The van der Waals surface area contributed by atoms with E-state index in [1.165, 1.54) is 0 Å². The molecule has 2 aliphatic heterocycles. The zero-order chi connectivity index (χ0) is 24.1. The van der Waals surface area contributed by atoms with Crippen LogP contribution in [0.4, 0.5) is 0 Å². The van der Waals surface area contributed by atoms with Gasteiger partial charge in [-0.25, -0.2) is 0 Å². The minimum atomic E-state index is -0.289. The van der Waals surface area contributed by atoms with Crippen LogP contribution in [-0.2, 0) is 16.1 Å². The van der Waals surface area contributed by atoms with Crippen LogP contribution < -0.4 is 10.9 Å². The summed E-state index contributed by atoms with van der Waals surface area (Å²) < 4.78 is 0. The van der Waals surface area contributed by atoms with E-state index in [0.717, 1.165) is 50.9 Å². The maximum atomic E-state index is 13.3. The Hall–Kier alpha value is -2.93. The second-order valence-electron chi connectivity index (χ2n) is 10.0. The van der Waals surface area contributed by atoms with Gasteiger partial charge in [0.2, 0.25) is 11.8 Å². The molecule has 0 saturated carbocycles. The predicted molar refractivity (Wildman–Crippen MR) is 132 cm³/mol. The number of piperidine rings is 1. The third kappa shape index (κ3) is 5.41. The highest BCUT2D eigenvalue weighted by Gasteiger charge is 2.48. The molecular weight excluding hydrogens is 428 g/mol. The summed E-state index contributed by atoms with van der Waals surface area (Å²) in [6.45, 7) is 7.56. The van der Waals surface area contributed by atoms with Gasteiger partial charge >= 0.3 is 0 Å². The highest BCUT2D eigenvalue weighted by molar-refractivity contribution is 5.85. The Morgan fingerprint density at radius 3 is 2.41 bits per heavy atom. The quantitative estimate of drug-likeness (QED) is 0.629. The van der Waals surface area contributed by atoms with Gasteiger partial charge in [0.15, 0.2) is 0 Å². The van der Waals surface area contributed by atoms with Gasteiger partial charge < -0.3 is 20.1 Å². The zero-order valence-corrected chi connectivity index (χ0v) is 20.3. The van der Waals surface area contributed by atoms with Crippen LogP contribution in [0.3, 0.4) is 0 Å². The van der Waals surface area contributed by atoms with Crippen LogP contribution in [0.2, 0.25) is 0 Å². The molecule has 1 aromatic carbocycles. The number of amides is 2. The number of nitrogens with zero attached hydrogens (tertiary/aromatic N) is 2. The first-order valence-electron chi connectivity index (χ1n) is 12.4. The fourth-order valence-electron chi connectivity index (χ4n) is 5.16. The van der Waals surface area contributed by atoms with Gasteiger partial charge in [-0.1, -0.05) is 50.2 Å². The lowest BCUT2D eigenvalue weighted by Gasteiger charge is -2.38. The van der Waals surface area contributed by atoms with Crippen molar-refractivity contribution in [1.82, 2.24) is 20.1 Å². The summed E-state index contributed by atoms with van der Waals surface area (Å²) >= 11 is 0. The summed E-state index contributed by atoms with van der Waals surface area (Å²) in [6, 6.07) is 13.7. The van der Waals surface area contributed by atoms with E-state index < -0.39 is 0 Å². The van der Waals surface area contributed by atoms with Crippen molar-refractivity contribution in [1.29, 1.82) is 0 Å². The van der Waals surface area contributed by atoms with Crippen LogP contribution in [0.1, 0.15) is 56.7 Å². The first kappa shape index (κ1) is 24.2. The van der Waals surface area contributed by atoms with Crippen molar-refractivity contribution in [3.63, 3.8) is 0 Å². The van der Waals surface area contributed by atoms with Gasteiger partial charge in [0.05, 0.1) is 18.0 Å². The number of carbonyl (C=O) groups excluding carboxylic acids is 2. The minimum absolute atomic E-state index is 0.0143. The summed E-state index contributed by atoms with van der Waals surface area (Å²) in [7, 11) is 0. The molecule has 0 bridgehead atoms. The molecular formula is C27H36N4O3. The third-order valence-electron chi connectivity index (χ3n) is 7.45. The molecule has 2 amide bonds. The zero-order valence-electron chi connectivity index (χ0n) is 20.3. The van der Waals surface area contributed by atoms with Crippen LogP contribution in [0.25, 0.3) is 0 Å². The number of carbonyl (C=O) groups is 2. The Bertz CT molecular complexity index is 1040. The van der Waals surface area contributed by atoms with Crippen LogP contribution in [0.5, 0.6) is 0 Å². The molecule has 34 heavy (non-hydrogen) atoms. The van der Waals surface area contributed by atoms with Gasteiger partial charge in [-0.15, -0.1) is 0 Å². The smallest absolute Gasteiger partial charge is 0.252 e. The summed E-state index contributed by atoms with van der Waals surface area (Å²) in [5.41, 5.74) is 1.36. The first-order chi connectivity index (χ1) is 16.4. The fourth-order valence-corrected chi connectivity index (χ4v) is 5.16. The van der Waals surface area contributed by atoms with E-state index in [0.29, 0.717) is 18.7 Å². The lowest BCUT2D eigenvalue weighted by atomic mass is 9.77. The number of aromatic amines is 1. The number of hydrogen-bond acceptors (Lipinski definition) is 4. The molecule has 2 N–H and O–H groups in total. The van der Waals surface area contributed by atoms with E-state index in [-0.39, 0.29) is 34.7 Å². The van der Waals surface area contributed by atoms with Gasteiger partial charge in [-0.2, -0.15) is 0 Å². The molecule has 2 fully saturated rings. The molecule has 2 aliphatic rings. The summed E-state index contributed by atoms with van der Waals surface area (Å²) in [6.07, 6.45) is 5.02.